The van der Waals surface area contributed by atoms with Crippen molar-refractivity contribution < 1.29 is 19.2 Å². The Kier molecular flexibility index (Phi) is 3.66. The van der Waals surface area contributed by atoms with Gasteiger partial charge in [-0.3, -0.25) is 4.79 Å². The Morgan fingerprint density at radius 1 is 1.53 bits per heavy atom. The lowest BCUT2D eigenvalue weighted by molar-refractivity contribution is 0.0698. The van der Waals surface area contributed by atoms with Crippen molar-refractivity contribution in [1.29, 1.82) is 0 Å². The number of aromatic nitrogens is 1. The number of nitrogens with one attached hydrogen (secondary N) is 1. The molecule has 0 radical (unpaired) electrons. The molecule has 0 saturated carbocycles. The van der Waals surface area contributed by atoms with E-state index in [0.29, 0.717) is 28.4 Å². The van der Waals surface area contributed by atoms with E-state index in [0.717, 1.165) is 11.3 Å². The molecule has 2 aromatic heterocycles. The summed E-state index contributed by atoms with van der Waals surface area (Å²) in [5, 5.41) is 17.3. The maximum absolute atomic E-state index is 12.2. The highest BCUT2D eigenvalue weighted by molar-refractivity contribution is 7.14. The molecule has 2 N–H and O–H groups in total. The summed E-state index contributed by atoms with van der Waals surface area (Å²) < 4.78 is 4.98. The second kappa shape index (κ2) is 5.23. The Morgan fingerprint density at radius 2 is 2.26 bits per heavy atom. The number of carbonyl (C=O) groups is 2. The molecule has 0 aliphatic heterocycles. The smallest absolute Gasteiger partial charge is 0.338 e. The standard InChI is InChI=1S/C12H12N2O4S/c1-3-8-9(6(2)18-14-8)10(15)13-11-7(12(16)17)4-5-19-11/h4-5H,3H2,1-2H3,(H,13,15)(H,16,17). The van der Waals surface area contributed by atoms with Crippen molar-refractivity contribution in [3.8, 4) is 0 Å². The van der Waals surface area contributed by atoms with Gasteiger partial charge in [0, 0.05) is 0 Å². The molecule has 2 aromatic rings. The van der Waals surface area contributed by atoms with E-state index in [4.69, 9.17) is 9.63 Å². The normalized spacial score (nSPS) is 10.4. The van der Waals surface area contributed by atoms with Crippen LogP contribution in [-0.2, 0) is 6.42 Å². The summed E-state index contributed by atoms with van der Waals surface area (Å²) in [5.74, 6) is -1.06. The van der Waals surface area contributed by atoms with Crippen molar-refractivity contribution in [1.82, 2.24) is 5.16 Å². The summed E-state index contributed by atoms with van der Waals surface area (Å²) in [5.41, 5.74) is 1.00. The van der Waals surface area contributed by atoms with Crippen molar-refractivity contribution >= 4 is 28.2 Å². The molecule has 2 rings (SSSR count). The molecule has 0 aromatic carbocycles. The van der Waals surface area contributed by atoms with Gasteiger partial charge in [0.25, 0.3) is 5.91 Å². The summed E-state index contributed by atoms with van der Waals surface area (Å²) in [4.78, 5) is 23.1. The van der Waals surface area contributed by atoms with Gasteiger partial charge in [0.1, 0.15) is 16.3 Å². The van der Waals surface area contributed by atoms with E-state index in [1.54, 1.807) is 12.3 Å². The zero-order valence-electron chi connectivity index (χ0n) is 10.4. The summed E-state index contributed by atoms with van der Waals surface area (Å²) in [6.45, 7) is 3.51. The summed E-state index contributed by atoms with van der Waals surface area (Å²) in [6, 6.07) is 1.45. The zero-order chi connectivity index (χ0) is 14.0. The molecule has 0 bridgehead atoms. The third-order valence-electron chi connectivity index (χ3n) is 2.62. The number of hydrogen-bond donors (Lipinski definition) is 2. The number of nitrogens with zero attached hydrogens (tertiary/aromatic N) is 1. The van der Waals surface area contributed by atoms with E-state index in [1.807, 2.05) is 6.92 Å². The minimum atomic E-state index is -1.07. The van der Waals surface area contributed by atoms with Crippen LogP contribution in [0.4, 0.5) is 5.00 Å². The van der Waals surface area contributed by atoms with Gasteiger partial charge in [0.05, 0.1) is 11.3 Å². The van der Waals surface area contributed by atoms with Gasteiger partial charge in [-0.05, 0) is 24.8 Å². The molecule has 0 aliphatic rings. The Balaban J connectivity index is 2.28. The van der Waals surface area contributed by atoms with E-state index in [-0.39, 0.29) is 5.56 Å². The molecule has 1 amide bonds. The van der Waals surface area contributed by atoms with Crippen LogP contribution in [0.2, 0.25) is 0 Å². The van der Waals surface area contributed by atoms with Crippen molar-refractivity contribution in [3.63, 3.8) is 0 Å². The monoisotopic (exact) mass is 280 g/mol. The Labute approximate surface area is 113 Å². The van der Waals surface area contributed by atoms with E-state index in [2.05, 4.69) is 10.5 Å². The minimum absolute atomic E-state index is 0.0745. The highest BCUT2D eigenvalue weighted by Crippen LogP contribution is 2.25. The van der Waals surface area contributed by atoms with Crippen LogP contribution in [0.3, 0.4) is 0 Å². The van der Waals surface area contributed by atoms with Crippen LogP contribution in [0.1, 0.15) is 39.1 Å². The number of carboxylic acids is 1. The minimum Gasteiger partial charge on any atom is -0.478 e. The quantitative estimate of drug-likeness (QED) is 0.897. The van der Waals surface area contributed by atoms with Crippen LogP contribution < -0.4 is 5.32 Å². The third-order valence-corrected chi connectivity index (χ3v) is 3.45. The highest BCUT2D eigenvalue weighted by Gasteiger charge is 2.21. The zero-order valence-corrected chi connectivity index (χ0v) is 11.2. The number of hydrogen-bond acceptors (Lipinski definition) is 5. The molecule has 6 nitrogen and oxygen atoms in total. The van der Waals surface area contributed by atoms with Gasteiger partial charge >= 0.3 is 5.97 Å². The van der Waals surface area contributed by atoms with Crippen LogP contribution in [0.15, 0.2) is 16.0 Å². The first kappa shape index (κ1) is 13.3. The SMILES string of the molecule is CCc1noc(C)c1C(=O)Nc1sccc1C(=O)O. The summed E-state index contributed by atoms with van der Waals surface area (Å²) >= 11 is 1.16. The molecule has 0 fully saturated rings. The number of carboxylic acid groups (broad SMARTS) is 1. The lowest BCUT2D eigenvalue weighted by Gasteiger charge is -2.04. The van der Waals surface area contributed by atoms with Gasteiger partial charge < -0.3 is 14.9 Å². The predicted octanol–water partition coefficient (Wildman–Crippen LogP) is 2.56. The predicted molar refractivity (Wildman–Crippen MR) is 69.8 cm³/mol. The van der Waals surface area contributed by atoms with Crippen molar-refractivity contribution in [3.05, 3.63) is 34.0 Å². The number of thiophene rings is 1. The van der Waals surface area contributed by atoms with E-state index >= 15 is 0 Å². The number of rotatable bonds is 4. The van der Waals surface area contributed by atoms with E-state index in [1.165, 1.54) is 6.07 Å². The van der Waals surface area contributed by atoms with Crippen molar-refractivity contribution in [2.45, 2.75) is 20.3 Å². The average molecular weight is 280 g/mol. The number of amides is 1. The van der Waals surface area contributed by atoms with Gasteiger partial charge in [-0.25, -0.2) is 4.79 Å². The molecule has 2 heterocycles. The summed E-state index contributed by atoms with van der Waals surface area (Å²) in [7, 11) is 0. The Hall–Kier alpha value is -2.15. The molecular formula is C12H12N2O4S. The second-order valence-corrected chi connectivity index (χ2v) is 4.75. The fraction of sp³-hybridized carbons (Fsp3) is 0.250. The molecular weight excluding hydrogens is 268 g/mol. The van der Waals surface area contributed by atoms with Crippen LogP contribution in [-0.4, -0.2) is 22.1 Å². The average Bonchev–Trinajstić information content (AvgIpc) is 2.95. The first-order valence-corrected chi connectivity index (χ1v) is 6.49. The number of anilines is 1. The molecule has 100 valence electrons. The molecule has 0 aliphatic carbocycles. The van der Waals surface area contributed by atoms with Crippen molar-refractivity contribution in [2.24, 2.45) is 0 Å². The molecule has 0 atom stereocenters. The van der Waals surface area contributed by atoms with Crippen LogP contribution in [0, 0.1) is 6.92 Å². The number of aryl methyl sites for hydroxylation is 2. The molecule has 19 heavy (non-hydrogen) atoms. The topological polar surface area (TPSA) is 92.4 Å². The molecule has 7 heteroatoms. The van der Waals surface area contributed by atoms with Crippen molar-refractivity contribution in [2.75, 3.05) is 5.32 Å². The summed E-state index contributed by atoms with van der Waals surface area (Å²) in [6.07, 6.45) is 0.566. The highest BCUT2D eigenvalue weighted by atomic mass is 32.1. The molecule has 0 unspecified atom stereocenters. The fourth-order valence-electron chi connectivity index (χ4n) is 1.69. The number of aromatic carboxylic acids is 1. The Bertz CT molecular complexity index is 629. The van der Waals surface area contributed by atoms with E-state index in [9.17, 15) is 9.59 Å². The second-order valence-electron chi connectivity index (χ2n) is 3.84. The first-order chi connectivity index (χ1) is 9.04. The molecule has 0 spiro atoms. The maximum atomic E-state index is 12.2. The Morgan fingerprint density at radius 3 is 2.89 bits per heavy atom. The fourth-order valence-corrected chi connectivity index (χ4v) is 2.46. The largest absolute Gasteiger partial charge is 0.478 e. The maximum Gasteiger partial charge on any atom is 0.338 e. The van der Waals surface area contributed by atoms with Gasteiger partial charge in [-0.15, -0.1) is 11.3 Å². The first-order valence-electron chi connectivity index (χ1n) is 5.61. The van der Waals surface area contributed by atoms with Crippen LogP contribution in [0.5, 0.6) is 0 Å². The van der Waals surface area contributed by atoms with Crippen LogP contribution >= 0.6 is 11.3 Å². The molecule has 0 saturated heterocycles. The lowest BCUT2D eigenvalue weighted by Crippen LogP contribution is -2.15. The van der Waals surface area contributed by atoms with Gasteiger partial charge in [0.2, 0.25) is 0 Å². The third kappa shape index (κ3) is 2.50. The van der Waals surface area contributed by atoms with Gasteiger partial charge in [0.15, 0.2) is 0 Å². The lowest BCUT2D eigenvalue weighted by atomic mass is 10.1. The van der Waals surface area contributed by atoms with Gasteiger partial charge in [-0.1, -0.05) is 12.1 Å². The van der Waals surface area contributed by atoms with Gasteiger partial charge in [-0.2, -0.15) is 0 Å². The van der Waals surface area contributed by atoms with Crippen LogP contribution in [0.25, 0.3) is 0 Å². The van der Waals surface area contributed by atoms with E-state index < -0.39 is 11.9 Å². The number of carbonyl (C=O) groups excluding carboxylic acids is 1.